The van der Waals surface area contributed by atoms with Crippen LogP contribution in [0.3, 0.4) is 0 Å². The maximum absolute atomic E-state index is 13.3. The van der Waals surface area contributed by atoms with Gasteiger partial charge >= 0.3 is 0 Å². The molecule has 0 aromatic heterocycles. The summed E-state index contributed by atoms with van der Waals surface area (Å²) in [5, 5.41) is 0. The highest BCUT2D eigenvalue weighted by Crippen LogP contribution is 2.46. The quantitative estimate of drug-likeness (QED) is 0.651. The smallest absolute Gasteiger partial charge is 0.233 e. The molecule has 2 aliphatic heterocycles. The molecular weight excluding hydrogens is 380 g/mol. The van der Waals surface area contributed by atoms with Crippen LogP contribution in [-0.2, 0) is 19.2 Å². The molecule has 0 radical (unpaired) electrons. The van der Waals surface area contributed by atoms with Crippen molar-refractivity contribution in [1.82, 2.24) is 9.80 Å². The van der Waals surface area contributed by atoms with Crippen LogP contribution in [0, 0.1) is 35.5 Å². The molecule has 0 aromatic carbocycles. The Labute approximate surface area is 178 Å². The monoisotopic (exact) mass is 414 g/mol. The molecule has 2 saturated heterocycles. The molecule has 6 nitrogen and oxygen atoms in total. The molecule has 8 atom stereocenters. The third kappa shape index (κ3) is 2.96. The minimum absolute atomic E-state index is 0.0427. The third-order valence-corrected chi connectivity index (χ3v) is 8.80. The second-order valence-electron chi connectivity index (χ2n) is 10.8. The largest absolute Gasteiger partial charge is 0.277 e. The number of rotatable bonds is 2. The minimum Gasteiger partial charge on any atom is -0.277 e. The third-order valence-electron chi connectivity index (χ3n) is 8.80. The SMILES string of the molecule is CC1CCC2C(=O)N(C3CCCCC3N3C(=O)C4CCC(C)CC4C3=O)C(=O)C2C1. The van der Waals surface area contributed by atoms with E-state index in [1.165, 1.54) is 9.80 Å². The van der Waals surface area contributed by atoms with Crippen LogP contribution in [0.15, 0.2) is 0 Å². The van der Waals surface area contributed by atoms with Gasteiger partial charge in [0.1, 0.15) is 0 Å². The fourth-order valence-electron chi connectivity index (χ4n) is 7.18. The average molecular weight is 415 g/mol. The lowest BCUT2D eigenvalue weighted by atomic mass is 9.76. The normalized spacial score (nSPS) is 44.5. The molecule has 3 saturated carbocycles. The van der Waals surface area contributed by atoms with Crippen molar-refractivity contribution in [3.8, 4) is 0 Å². The number of likely N-dealkylation sites (tertiary alicyclic amines) is 2. The number of carbonyl (C=O) groups excluding carboxylic acids is 4. The Morgan fingerprint density at radius 3 is 1.30 bits per heavy atom. The lowest BCUT2D eigenvalue weighted by molar-refractivity contribution is -0.153. The molecule has 5 rings (SSSR count). The van der Waals surface area contributed by atoms with E-state index in [0.717, 1.165) is 51.4 Å². The van der Waals surface area contributed by atoms with E-state index in [1.54, 1.807) is 0 Å². The topological polar surface area (TPSA) is 74.8 Å². The van der Waals surface area contributed by atoms with Gasteiger partial charge in [-0.1, -0.05) is 26.7 Å². The highest BCUT2D eigenvalue weighted by molar-refractivity contribution is 6.07. The number of carbonyl (C=O) groups is 4. The van der Waals surface area contributed by atoms with Gasteiger partial charge in [-0.15, -0.1) is 0 Å². The zero-order valence-corrected chi connectivity index (χ0v) is 18.2. The molecule has 3 aliphatic carbocycles. The molecule has 0 bridgehead atoms. The molecule has 5 fully saturated rings. The Morgan fingerprint density at radius 2 is 0.900 bits per heavy atom. The minimum atomic E-state index is -0.329. The van der Waals surface area contributed by atoms with E-state index in [-0.39, 0.29) is 59.4 Å². The second kappa shape index (κ2) is 7.45. The van der Waals surface area contributed by atoms with Gasteiger partial charge in [0.25, 0.3) is 0 Å². The molecule has 0 spiro atoms. The number of nitrogens with zero attached hydrogens (tertiary/aromatic N) is 2. The first-order chi connectivity index (χ1) is 14.4. The van der Waals surface area contributed by atoms with Crippen molar-refractivity contribution in [2.24, 2.45) is 35.5 Å². The highest BCUT2D eigenvalue weighted by Gasteiger charge is 2.57. The summed E-state index contributed by atoms with van der Waals surface area (Å²) < 4.78 is 0. The van der Waals surface area contributed by atoms with Crippen LogP contribution in [0.2, 0.25) is 0 Å². The second-order valence-corrected chi connectivity index (χ2v) is 10.8. The predicted octanol–water partition coefficient (Wildman–Crippen LogP) is 3.14. The molecule has 0 N–H and O–H groups in total. The number of hydrogen-bond acceptors (Lipinski definition) is 4. The van der Waals surface area contributed by atoms with Gasteiger partial charge in [0.15, 0.2) is 0 Å². The van der Waals surface area contributed by atoms with Crippen LogP contribution in [-0.4, -0.2) is 45.5 Å². The lowest BCUT2D eigenvalue weighted by Crippen LogP contribution is -2.57. The summed E-state index contributed by atoms with van der Waals surface area (Å²) in [5.74, 6) is -0.00667. The van der Waals surface area contributed by atoms with E-state index < -0.39 is 0 Å². The van der Waals surface area contributed by atoms with Crippen LogP contribution >= 0.6 is 0 Å². The van der Waals surface area contributed by atoms with Crippen molar-refractivity contribution in [2.45, 2.75) is 90.1 Å². The summed E-state index contributed by atoms with van der Waals surface area (Å²) in [6.07, 6.45) is 8.41. The summed E-state index contributed by atoms with van der Waals surface area (Å²) in [6, 6.07) is -0.657. The molecule has 6 heteroatoms. The maximum Gasteiger partial charge on any atom is 0.233 e. The van der Waals surface area contributed by atoms with Crippen molar-refractivity contribution >= 4 is 23.6 Å². The van der Waals surface area contributed by atoms with E-state index >= 15 is 0 Å². The van der Waals surface area contributed by atoms with Gasteiger partial charge in [0, 0.05) is 0 Å². The lowest BCUT2D eigenvalue weighted by Gasteiger charge is -2.41. The molecule has 4 amide bonds. The summed E-state index contributed by atoms with van der Waals surface area (Å²) in [7, 11) is 0. The van der Waals surface area contributed by atoms with Gasteiger partial charge < -0.3 is 0 Å². The number of fused-ring (bicyclic) bond motifs is 2. The van der Waals surface area contributed by atoms with Crippen LogP contribution < -0.4 is 0 Å². The predicted molar refractivity (Wildman–Crippen MR) is 110 cm³/mol. The van der Waals surface area contributed by atoms with E-state index in [9.17, 15) is 19.2 Å². The summed E-state index contributed by atoms with van der Waals surface area (Å²) in [5.41, 5.74) is 0. The highest BCUT2D eigenvalue weighted by atomic mass is 16.2. The van der Waals surface area contributed by atoms with Crippen molar-refractivity contribution in [3.63, 3.8) is 0 Å². The molecule has 5 aliphatic rings. The summed E-state index contributed by atoms with van der Waals surface area (Å²) in [4.78, 5) is 56.3. The molecule has 2 heterocycles. The Bertz CT molecular complexity index is 715. The van der Waals surface area contributed by atoms with Gasteiger partial charge in [0.2, 0.25) is 23.6 Å². The standard InChI is InChI=1S/C24H34N2O4/c1-13-7-9-15-17(11-13)23(29)25(21(15)27)19-5-3-4-6-20(19)26-22(28)16-10-8-14(2)12-18(16)24(26)30/h13-20H,3-12H2,1-2H3. The number of imide groups is 2. The molecule has 8 unspecified atom stereocenters. The average Bonchev–Trinajstić information content (AvgIpc) is 3.12. The van der Waals surface area contributed by atoms with Crippen molar-refractivity contribution in [2.75, 3.05) is 0 Å². The van der Waals surface area contributed by atoms with Gasteiger partial charge in [-0.25, -0.2) is 0 Å². The van der Waals surface area contributed by atoms with Gasteiger partial charge in [-0.05, 0) is 63.2 Å². The van der Waals surface area contributed by atoms with E-state index in [2.05, 4.69) is 13.8 Å². The van der Waals surface area contributed by atoms with Crippen LogP contribution in [0.5, 0.6) is 0 Å². The fourth-order valence-corrected chi connectivity index (χ4v) is 7.18. The number of amides is 4. The molecular formula is C24H34N2O4. The fraction of sp³-hybridized carbons (Fsp3) is 0.833. The first-order valence-corrected chi connectivity index (χ1v) is 12.1. The van der Waals surface area contributed by atoms with Crippen molar-refractivity contribution < 1.29 is 19.2 Å². The van der Waals surface area contributed by atoms with Crippen molar-refractivity contribution in [1.29, 1.82) is 0 Å². The van der Waals surface area contributed by atoms with Gasteiger partial charge in [-0.2, -0.15) is 0 Å². The van der Waals surface area contributed by atoms with E-state index in [1.807, 2.05) is 0 Å². The van der Waals surface area contributed by atoms with Crippen LogP contribution in [0.4, 0.5) is 0 Å². The zero-order chi connectivity index (χ0) is 21.2. The molecule has 0 aromatic rings. The first kappa shape index (κ1) is 20.2. The van der Waals surface area contributed by atoms with E-state index in [4.69, 9.17) is 0 Å². The maximum atomic E-state index is 13.3. The summed E-state index contributed by atoms with van der Waals surface area (Å²) >= 11 is 0. The Kier molecular flexibility index (Phi) is 5.02. The van der Waals surface area contributed by atoms with Gasteiger partial charge in [-0.3, -0.25) is 29.0 Å². The zero-order valence-electron chi connectivity index (χ0n) is 18.2. The van der Waals surface area contributed by atoms with E-state index in [0.29, 0.717) is 24.7 Å². The van der Waals surface area contributed by atoms with Crippen LogP contribution in [0.1, 0.15) is 78.1 Å². The van der Waals surface area contributed by atoms with Crippen LogP contribution in [0.25, 0.3) is 0 Å². The summed E-state index contributed by atoms with van der Waals surface area (Å²) in [6.45, 7) is 4.31. The Balaban J connectivity index is 1.43. The Morgan fingerprint density at radius 1 is 0.533 bits per heavy atom. The van der Waals surface area contributed by atoms with Gasteiger partial charge in [0.05, 0.1) is 35.8 Å². The Hall–Kier alpha value is -1.72. The number of hydrogen-bond donors (Lipinski definition) is 0. The molecule has 164 valence electrons. The molecule has 30 heavy (non-hydrogen) atoms. The first-order valence-electron chi connectivity index (χ1n) is 12.1. The van der Waals surface area contributed by atoms with Crippen molar-refractivity contribution in [3.05, 3.63) is 0 Å².